The SMILES string of the molecule is C=CCOC(=O)N1CCC(C(=O)O)c2ccc(OC)cc21. The van der Waals surface area contributed by atoms with Gasteiger partial charge >= 0.3 is 12.1 Å². The van der Waals surface area contributed by atoms with Crippen LogP contribution in [0, 0.1) is 0 Å². The molecule has 1 N–H and O–H groups in total. The summed E-state index contributed by atoms with van der Waals surface area (Å²) in [5.74, 6) is -0.976. The molecule has 6 heteroatoms. The Morgan fingerprint density at radius 1 is 1.52 bits per heavy atom. The van der Waals surface area contributed by atoms with E-state index in [0.717, 1.165) is 0 Å². The molecule has 0 fully saturated rings. The maximum atomic E-state index is 12.1. The molecule has 1 aromatic carbocycles. The van der Waals surface area contributed by atoms with Gasteiger partial charge < -0.3 is 14.6 Å². The molecule has 1 aromatic rings. The van der Waals surface area contributed by atoms with E-state index in [1.807, 2.05) is 0 Å². The van der Waals surface area contributed by atoms with Gasteiger partial charge in [0.1, 0.15) is 12.4 Å². The number of methoxy groups -OCH3 is 1. The van der Waals surface area contributed by atoms with Crippen LogP contribution in [-0.4, -0.2) is 37.4 Å². The number of carboxylic acid groups (broad SMARTS) is 1. The van der Waals surface area contributed by atoms with Crippen LogP contribution < -0.4 is 9.64 Å². The summed E-state index contributed by atoms with van der Waals surface area (Å²) < 4.78 is 10.2. The van der Waals surface area contributed by atoms with Gasteiger partial charge in [0.05, 0.1) is 18.7 Å². The van der Waals surface area contributed by atoms with Crippen molar-refractivity contribution in [2.45, 2.75) is 12.3 Å². The molecule has 1 unspecified atom stereocenters. The number of carboxylic acids is 1. The van der Waals surface area contributed by atoms with E-state index in [1.54, 1.807) is 18.2 Å². The van der Waals surface area contributed by atoms with E-state index in [9.17, 15) is 14.7 Å². The minimum Gasteiger partial charge on any atom is -0.497 e. The number of nitrogens with zero attached hydrogens (tertiary/aromatic N) is 1. The summed E-state index contributed by atoms with van der Waals surface area (Å²) in [7, 11) is 1.51. The van der Waals surface area contributed by atoms with Gasteiger partial charge in [0, 0.05) is 12.6 Å². The number of carbonyl (C=O) groups excluding carboxylic acids is 1. The lowest BCUT2D eigenvalue weighted by Crippen LogP contribution is -2.38. The molecule has 0 aliphatic carbocycles. The first-order valence-corrected chi connectivity index (χ1v) is 6.54. The Morgan fingerprint density at radius 3 is 2.90 bits per heavy atom. The van der Waals surface area contributed by atoms with Crippen LogP contribution in [0.15, 0.2) is 30.9 Å². The summed E-state index contributed by atoms with van der Waals surface area (Å²) in [6, 6.07) is 5.02. The van der Waals surface area contributed by atoms with Crippen molar-refractivity contribution in [3.05, 3.63) is 36.4 Å². The van der Waals surface area contributed by atoms with Crippen LogP contribution in [0.4, 0.5) is 10.5 Å². The monoisotopic (exact) mass is 291 g/mol. The second-order valence-corrected chi connectivity index (χ2v) is 4.62. The predicted octanol–water partition coefficient (Wildman–Crippen LogP) is 2.40. The molecule has 6 nitrogen and oxygen atoms in total. The molecule has 0 bridgehead atoms. The molecule has 0 saturated heterocycles. The molecule has 1 amide bonds. The third-order valence-electron chi connectivity index (χ3n) is 3.39. The minimum atomic E-state index is -0.902. The van der Waals surface area contributed by atoms with Gasteiger partial charge in [0.25, 0.3) is 0 Å². The van der Waals surface area contributed by atoms with Crippen molar-refractivity contribution >= 4 is 17.7 Å². The molecule has 0 spiro atoms. The summed E-state index contributed by atoms with van der Waals surface area (Å²) in [5.41, 5.74) is 1.10. The molecule has 21 heavy (non-hydrogen) atoms. The van der Waals surface area contributed by atoms with Crippen molar-refractivity contribution in [2.24, 2.45) is 0 Å². The molecule has 1 aliphatic heterocycles. The van der Waals surface area contributed by atoms with E-state index < -0.39 is 18.0 Å². The fourth-order valence-electron chi connectivity index (χ4n) is 2.37. The lowest BCUT2D eigenvalue weighted by molar-refractivity contribution is -0.139. The zero-order valence-corrected chi connectivity index (χ0v) is 11.7. The fraction of sp³-hybridized carbons (Fsp3) is 0.333. The Morgan fingerprint density at radius 2 is 2.29 bits per heavy atom. The number of aliphatic carboxylic acids is 1. The smallest absolute Gasteiger partial charge is 0.414 e. The number of rotatable bonds is 4. The Bertz CT molecular complexity index is 569. The summed E-state index contributed by atoms with van der Waals surface area (Å²) in [6.45, 7) is 3.88. The Balaban J connectivity index is 2.39. The van der Waals surface area contributed by atoms with Crippen LogP contribution in [0.1, 0.15) is 17.9 Å². The first kappa shape index (κ1) is 14.9. The largest absolute Gasteiger partial charge is 0.497 e. The van der Waals surface area contributed by atoms with Gasteiger partial charge in [-0.1, -0.05) is 18.7 Å². The Labute approximate surface area is 122 Å². The van der Waals surface area contributed by atoms with E-state index in [0.29, 0.717) is 23.4 Å². The van der Waals surface area contributed by atoms with Crippen molar-refractivity contribution in [3.63, 3.8) is 0 Å². The van der Waals surface area contributed by atoms with Crippen LogP contribution in [0.2, 0.25) is 0 Å². The summed E-state index contributed by atoms with van der Waals surface area (Å²) >= 11 is 0. The maximum Gasteiger partial charge on any atom is 0.414 e. The highest BCUT2D eigenvalue weighted by Crippen LogP contribution is 2.38. The molecule has 0 radical (unpaired) electrons. The molecule has 1 aliphatic rings. The van der Waals surface area contributed by atoms with E-state index in [4.69, 9.17) is 9.47 Å². The zero-order chi connectivity index (χ0) is 15.4. The zero-order valence-electron chi connectivity index (χ0n) is 11.7. The van der Waals surface area contributed by atoms with Crippen LogP contribution in [0.25, 0.3) is 0 Å². The Kier molecular flexibility index (Phi) is 4.47. The van der Waals surface area contributed by atoms with E-state index in [1.165, 1.54) is 18.1 Å². The highest BCUT2D eigenvalue weighted by atomic mass is 16.6. The van der Waals surface area contributed by atoms with Crippen molar-refractivity contribution in [3.8, 4) is 5.75 Å². The first-order chi connectivity index (χ1) is 10.1. The highest BCUT2D eigenvalue weighted by molar-refractivity contribution is 5.92. The van der Waals surface area contributed by atoms with Gasteiger partial charge in [-0.3, -0.25) is 9.69 Å². The molecule has 112 valence electrons. The number of ether oxygens (including phenoxy) is 2. The summed E-state index contributed by atoms with van der Waals surface area (Å²) in [5, 5.41) is 9.30. The quantitative estimate of drug-likeness (QED) is 0.862. The molecule has 1 atom stereocenters. The second-order valence-electron chi connectivity index (χ2n) is 4.62. The van der Waals surface area contributed by atoms with Gasteiger partial charge in [-0.05, 0) is 18.1 Å². The van der Waals surface area contributed by atoms with Gasteiger partial charge in [0.15, 0.2) is 0 Å². The van der Waals surface area contributed by atoms with Crippen LogP contribution >= 0.6 is 0 Å². The molecule has 0 aromatic heterocycles. The van der Waals surface area contributed by atoms with Gasteiger partial charge in [-0.2, -0.15) is 0 Å². The first-order valence-electron chi connectivity index (χ1n) is 6.54. The lowest BCUT2D eigenvalue weighted by Gasteiger charge is -2.32. The number of benzene rings is 1. The molecule has 0 saturated carbocycles. The third-order valence-corrected chi connectivity index (χ3v) is 3.39. The summed E-state index contributed by atoms with van der Waals surface area (Å²) in [6.07, 6.45) is 1.31. The average Bonchev–Trinajstić information content (AvgIpc) is 2.50. The van der Waals surface area contributed by atoms with Crippen molar-refractivity contribution in [1.29, 1.82) is 0 Å². The lowest BCUT2D eigenvalue weighted by atomic mass is 9.90. The normalized spacial score (nSPS) is 16.8. The third kappa shape index (κ3) is 2.99. The minimum absolute atomic E-state index is 0.108. The number of hydrogen-bond acceptors (Lipinski definition) is 4. The highest BCUT2D eigenvalue weighted by Gasteiger charge is 2.33. The molecule has 2 rings (SSSR count). The van der Waals surface area contributed by atoms with E-state index in [-0.39, 0.29) is 13.2 Å². The number of amides is 1. The van der Waals surface area contributed by atoms with E-state index >= 15 is 0 Å². The molecular weight excluding hydrogens is 274 g/mol. The standard InChI is InChI=1S/C15H17NO5/c1-3-8-21-15(19)16-7-6-12(14(17)18)11-5-4-10(20-2)9-13(11)16/h3-5,9,12H,1,6-8H2,2H3,(H,17,18). The van der Waals surface area contributed by atoms with Crippen molar-refractivity contribution < 1.29 is 24.2 Å². The maximum absolute atomic E-state index is 12.1. The fourth-order valence-corrected chi connectivity index (χ4v) is 2.37. The summed E-state index contributed by atoms with van der Waals surface area (Å²) in [4.78, 5) is 24.8. The topological polar surface area (TPSA) is 76.1 Å². The molecular formula is C15H17NO5. The number of anilines is 1. The molecule has 1 heterocycles. The van der Waals surface area contributed by atoms with Gasteiger partial charge in [-0.25, -0.2) is 4.79 Å². The van der Waals surface area contributed by atoms with Gasteiger partial charge in [-0.15, -0.1) is 0 Å². The van der Waals surface area contributed by atoms with Crippen LogP contribution in [-0.2, 0) is 9.53 Å². The van der Waals surface area contributed by atoms with Crippen LogP contribution in [0.5, 0.6) is 5.75 Å². The number of hydrogen-bond donors (Lipinski definition) is 1. The number of carbonyl (C=O) groups is 2. The van der Waals surface area contributed by atoms with Crippen LogP contribution in [0.3, 0.4) is 0 Å². The Hall–Kier alpha value is -2.50. The second kappa shape index (κ2) is 6.30. The average molecular weight is 291 g/mol. The van der Waals surface area contributed by atoms with E-state index in [2.05, 4.69) is 6.58 Å². The predicted molar refractivity (Wildman–Crippen MR) is 76.9 cm³/mol. The van der Waals surface area contributed by atoms with Crippen molar-refractivity contribution in [1.82, 2.24) is 0 Å². The number of fused-ring (bicyclic) bond motifs is 1. The van der Waals surface area contributed by atoms with Gasteiger partial charge in [0.2, 0.25) is 0 Å². The van der Waals surface area contributed by atoms with Crippen molar-refractivity contribution in [2.75, 3.05) is 25.2 Å².